The summed E-state index contributed by atoms with van der Waals surface area (Å²) in [4.78, 5) is 20.6. The molecule has 0 radical (unpaired) electrons. The Morgan fingerprint density at radius 2 is 2.00 bits per heavy atom. The van der Waals surface area contributed by atoms with Crippen molar-refractivity contribution < 1.29 is 22.7 Å². The minimum atomic E-state index is -4.65. The monoisotopic (exact) mass is 398 g/mol. The number of thiazole rings is 1. The number of aryl methyl sites for hydroxylation is 1. The Labute approximate surface area is 157 Å². The van der Waals surface area contributed by atoms with Crippen LogP contribution in [-0.2, 0) is 30.0 Å². The number of hydrogen-bond donors (Lipinski definition) is 0. The van der Waals surface area contributed by atoms with Gasteiger partial charge in [-0.1, -0.05) is 20.8 Å². The van der Waals surface area contributed by atoms with Crippen molar-refractivity contribution in [1.29, 1.82) is 0 Å². The molecule has 0 spiro atoms. The standard InChI is InChI=1S/C17H17F3N4O2S/c1-16(2,3)15-22-10(8-27-15)7-26-14(25)9-5-11-12(17(18,19)20)23-24(4)13(11)21-6-9/h5-6,8H,7H2,1-4H3. The highest BCUT2D eigenvalue weighted by atomic mass is 32.1. The Morgan fingerprint density at radius 1 is 1.30 bits per heavy atom. The molecule has 0 amide bonds. The van der Waals surface area contributed by atoms with Gasteiger partial charge in [-0.15, -0.1) is 11.3 Å². The van der Waals surface area contributed by atoms with Crippen LogP contribution in [0.4, 0.5) is 13.2 Å². The summed E-state index contributed by atoms with van der Waals surface area (Å²) in [7, 11) is 1.36. The molecule has 0 bridgehead atoms. The molecule has 144 valence electrons. The summed E-state index contributed by atoms with van der Waals surface area (Å²) in [6.07, 6.45) is -3.47. The fourth-order valence-corrected chi connectivity index (χ4v) is 3.29. The lowest BCUT2D eigenvalue weighted by Crippen LogP contribution is -2.11. The van der Waals surface area contributed by atoms with E-state index in [9.17, 15) is 18.0 Å². The van der Waals surface area contributed by atoms with E-state index in [2.05, 4.69) is 15.1 Å². The Kier molecular flexibility index (Phi) is 4.71. The molecule has 3 aromatic rings. The van der Waals surface area contributed by atoms with Crippen molar-refractivity contribution in [3.05, 3.63) is 39.6 Å². The number of hydrogen-bond acceptors (Lipinski definition) is 6. The third kappa shape index (κ3) is 3.95. The lowest BCUT2D eigenvalue weighted by molar-refractivity contribution is -0.140. The van der Waals surface area contributed by atoms with Crippen LogP contribution in [0.25, 0.3) is 11.0 Å². The number of carbonyl (C=O) groups excluding carboxylic acids is 1. The van der Waals surface area contributed by atoms with Crippen LogP contribution in [0.2, 0.25) is 0 Å². The molecular formula is C17H17F3N4O2S. The highest BCUT2D eigenvalue weighted by Gasteiger charge is 2.37. The molecule has 0 aliphatic rings. The average molecular weight is 398 g/mol. The van der Waals surface area contributed by atoms with Gasteiger partial charge in [-0.3, -0.25) is 0 Å². The summed E-state index contributed by atoms with van der Waals surface area (Å²) in [6.45, 7) is 6.00. The molecule has 0 aromatic carbocycles. The van der Waals surface area contributed by atoms with Crippen molar-refractivity contribution >= 4 is 28.3 Å². The second-order valence-corrected chi connectivity index (χ2v) is 7.89. The molecule has 0 atom stereocenters. The summed E-state index contributed by atoms with van der Waals surface area (Å²) in [5, 5.41) is 5.90. The lowest BCUT2D eigenvalue weighted by atomic mass is 9.98. The highest BCUT2D eigenvalue weighted by molar-refractivity contribution is 7.09. The largest absolute Gasteiger partial charge is 0.456 e. The van der Waals surface area contributed by atoms with E-state index in [1.165, 1.54) is 24.6 Å². The van der Waals surface area contributed by atoms with Gasteiger partial charge in [0.1, 0.15) is 6.61 Å². The van der Waals surface area contributed by atoms with Crippen LogP contribution in [-0.4, -0.2) is 25.7 Å². The molecule has 10 heteroatoms. The first kappa shape index (κ1) is 19.3. The molecule has 6 nitrogen and oxygen atoms in total. The van der Waals surface area contributed by atoms with Crippen molar-refractivity contribution in [1.82, 2.24) is 19.7 Å². The fourth-order valence-electron chi connectivity index (χ4n) is 2.40. The van der Waals surface area contributed by atoms with E-state index in [0.717, 1.165) is 15.8 Å². The Balaban J connectivity index is 1.81. The predicted octanol–water partition coefficient (Wildman–Crippen LogP) is 4.10. The van der Waals surface area contributed by atoms with E-state index >= 15 is 0 Å². The topological polar surface area (TPSA) is 69.9 Å². The normalized spacial score (nSPS) is 12.6. The summed E-state index contributed by atoms with van der Waals surface area (Å²) in [5.74, 6) is -0.772. The number of aromatic nitrogens is 4. The predicted molar refractivity (Wildman–Crippen MR) is 93.4 cm³/mol. The van der Waals surface area contributed by atoms with Crippen molar-refractivity contribution in [3.63, 3.8) is 0 Å². The second kappa shape index (κ2) is 6.59. The highest BCUT2D eigenvalue weighted by Crippen LogP contribution is 2.33. The van der Waals surface area contributed by atoms with Gasteiger partial charge in [0.05, 0.1) is 21.7 Å². The molecule has 3 rings (SSSR count). The minimum absolute atomic E-state index is 0.0354. The smallest absolute Gasteiger partial charge is 0.435 e. The Bertz CT molecular complexity index is 1000. The van der Waals surface area contributed by atoms with Crippen LogP contribution in [0.15, 0.2) is 17.6 Å². The van der Waals surface area contributed by atoms with Crippen molar-refractivity contribution in [3.8, 4) is 0 Å². The fraction of sp³-hybridized carbons (Fsp3) is 0.412. The summed E-state index contributed by atoms with van der Waals surface area (Å²) >= 11 is 1.46. The number of halogens is 3. The number of ether oxygens (including phenoxy) is 1. The molecule has 0 unspecified atom stereocenters. The molecule has 3 heterocycles. The molecule has 0 saturated heterocycles. The van der Waals surface area contributed by atoms with Gasteiger partial charge in [-0.05, 0) is 6.07 Å². The van der Waals surface area contributed by atoms with Crippen molar-refractivity contribution in [2.75, 3.05) is 0 Å². The van der Waals surface area contributed by atoms with Gasteiger partial charge in [-0.25, -0.2) is 19.4 Å². The van der Waals surface area contributed by atoms with Gasteiger partial charge in [-0.2, -0.15) is 18.3 Å². The maximum Gasteiger partial charge on any atom is 0.435 e. The van der Waals surface area contributed by atoms with Crippen LogP contribution >= 0.6 is 11.3 Å². The lowest BCUT2D eigenvalue weighted by Gasteiger charge is -2.13. The van der Waals surface area contributed by atoms with Gasteiger partial charge >= 0.3 is 12.1 Å². The van der Waals surface area contributed by atoms with E-state index < -0.39 is 17.8 Å². The SMILES string of the molecule is Cn1nc(C(F)(F)F)c2cc(C(=O)OCc3csc(C(C)(C)C)n3)cnc21. The first-order valence-corrected chi connectivity index (χ1v) is 8.87. The number of fused-ring (bicyclic) bond motifs is 1. The van der Waals surface area contributed by atoms with Crippen LogP contribution in [0, 0.1) is 0 Å². The summed E-state index contributed by atoms with van der Waals surface area (Å²) in [5.41, 5.74) is -0.655. The van der Waals surface area contributed by atoms with Gasteiger partial charge in [0.2, 0.25) is 0 Å². The molecule has 3 aromatic heterocycles. The summed E-state index contributed by atoms with van der Waals surface area (Å²) < 4.78 is 45.5. The van der Waals surface area contributed by atoms with E-state index in [0.29, 0.717) is 5.69 Å². The maximum atomic E-state index is 13.1. The van der Waals surface area contributed by atoms with Gasteiger partial charge in [0.25, 0.3) is 0 Å². The van der Waals surface area contributed by atoms with Gasteiger partial charge in [0, 0.05) is 24.0 Å². The van der Waals surface area contributed by atoms with Crippen molar-refractivity contribution in [2.45, 2.75) is 39.0 Å². The van der Waals surface area contributed by atoms with E-state index in [4.69, 9.17) is 4.74 Å². The molecule has 0 fully saturated rings. The van der Waals surface area contributed by atoms with Gasteiger partial charge < -0.3 is 4.74 Å². The molecule has 0 aliphatic heterocycles. The van der Waals surface area contributed by atoms with Crippen molar-refractivity contribution in [2.24, 2.45) is 7.05 Å². The van der Waals surface area contributed by atoms with Crippen LogP contribution in [0.3, 0.4) is 0 Å². The first-order valence-electron chi connectivity index (χ1n) is 7.99. The zero-order chi connectivity index (χ0) is 20.0. The first-order chi connectivity index (χ1) is 12.5. The van der Waals surface area contributed by atoms with E-state index in [-0.39, 0.29) is 28.6 Å². The average Bonchev–Trinajstić information content (AvgIpc) is 3.16. The van der Waals surface area contributed by atoms with Crippen LogP contribution in [0.5, 0.6) is 0 Å². The summed E-state index contributed by atoms with van der Waals surface area (Å²) in [6, 6.07) is 1.10. The Morgan fingerprint density at radius 3 is 2.59 bits per heavy atom. The quantitative estimate of drug-likeness (QED) is 0.622. The number of carbonyl (C=O) groups is 1. The number of rotatable bonds is 3. The zero-order valence-corrected chi connectivity index (χ0v) is 15.9. The number of alkyl halides is 3. The van der Waals surface area contributed by atoms with E-state index in [1.54, 1.807) is 5.38 Å². The third-order valence-corrected chi connectivity index (χ3v) is 5.04. The maximum absolute atomic E-state index is 13.1. The molecule has 0 saturated carbocycles. The molecular weight excluding hydrogens is 381 g/mol. The second-order valence-electron chi connectivity index (χ2n) is 7.04. The van der Waals surface area contributed by atoms with Gasteiger partial charge in [0.15, 0.2) is 11.3 Å². The number of esters is 1. The Hall–Kier alpha value is -2.49. The third-order valence-electron chi connectivity index (χ3n) is 3.73. The van der Waals surface area contributed by atoms with E-state index in [1.807, 2.05) is 20.8 Å². The zero-order valence-electron chi connectivity index (χ0n) is 15.1. The number of pyridine rings is 1. The molecule has 0 aliphatic carbocycles. The molecule has 27 heavy (non-hydrogen) atoms. The van der Waals surface area contributed by atoms with Crippen LogP contribution in [0.1, 0.15) is 47.5 Å². The minimum Gasteiger partial charge on any atom is -0.456 e. The number of nitrogens with zero attached hydrogens (tertiary/aromatic N) is 4. The van der Waals surface area contributed by atoms with Crippen LogP contribution < -0.4 is 0 Å². The molecule has 0 N–H and O–H groups in total.